The van der Waals surface area contributed by atoms with Gasteiger partial charge in [0.2, 0.25) is 0 Å². The number of carbonyl (C=O) groups is 2. The van der Waals surface area contributed by atoms with E-state index in [4.69, 9.17) is 0 Å². The number of benzene rings is 1. The first-order valence-electron chi connectivity index (χ1n) is 7.91. The summed E-state index contributed by atoms with van der Waals surface area (Å²) in [4.78, 5) is 30.5. The van der Waals surface area contributed by atoms with E-state index in [9.17, 15) is 14.9 Å². The predicted molar refractivity (Wildman–Crippen MR) is 95.7 cm³/mol. The number of fused-ring (bicyclic) bond motifs is 1. The van der Waals surface area contributed by atoms with Gasteiger partial charge in [-0.25, -0.2) is 4.98 Å². The highest BCUT2D eigenvalue weighted by atomic mass is 32.2. The molecule has 0 atom stereocenters. The lowest BCUT2D eigenvalue weighted by atomic mass is 10.1. The molecule has 1 aliphatic rings. The molecule has 0 aliphatic carbocycles. The quantitative estimate of drug-likeness (QED) is 0.624. The zero-order chi connectivity index (χ0) is 18.1. The monoisotopic (exact) mass is 351 g/mol. The van der Waals surface area contributed by atoms with E-state index < -0.39 is 0 Å². The number of nitriles is 1. The lowest BCUT2D eigenvalue weighted by molar-refractivity contribution is 0.0664. The summed E-state index contributed by atoms with van der Waals surface area (Å²) >= 11 is 1.40. The van der Waals surface area contributed by atoms with Crippen LogP contribution in [0.5, 0.6) is 0 Å². The van der Waals surface area contributed by atoms with Crippen LogP contribution < -0.4 is 0 Å². The molecule has 0 radical (unpaired) electrons. The fourth-order valence-electron chi connectivity index (χ4n) is 2.82. The van der Waals surface area contributed by atoms with Gasteiger partial charge in [-0.1, -0.05) is 12.1 Å². The van der Waals surface area contributed by atoms with Gasteiger partial charge >= 0.3 is 0 Å². The number of hydrogen-bond donors (Lipinski definition) is 0. The molecule has 2 amide bonds. The molecular weight excluding hydrogens is 334 g/mol. The van der Waals surface area contributed by atoms with Gasteiger partial charge in [0, 0.05) is 18.0 Å². The number of imide groups is 1. The second-order valence-corrected chi connectivity index (χ2v) is 6.98. The first kappa shape index (κ1) is 17.2. The Morgan fingerprint density at radius 1 is 1.08 bits per heavy atom. The molecule has 0 bridgehead atoms. The van der Waals surface area contributed by atoms with Gasteiger partial charge in [0.1, 0.15) is 11.1 Å². The molecule has 1 aromatic heterocycles. The van der Waals surface area contributed by atoms with Gasteiger partial charge in [0.25, 0.3) is 11.8 Å². The summed E-state index contributed by atoms with van der Waals surface area (Å²) in [6.07, 6.45) is 0. The van der Waals surface area contributed by atoms with Crippen LogP contribution in [-0.4, -0.2) is 34.0 Å². The summed E-state index contributed by atoms with van der Waals surface area (Å²) < 4.78 is 0. The number of aromatic nitrogens is 1. The van der Waals surface area contributed by atoms with E-state index in [1.807, 2.05) is 20.8 Å². The molecule has 0 spiro atoms. The second-order valence-electron chi connectivity index (χ2n) is 5.90. The molecule has 1 aliphatic heterocycles. The Labute approximate surface area is 150 Å². The van der Waals surface area contributed by atoms with Gasteiger partial charge in [0.05, 0.1) is 16.7 Å². The average molecular weight is 351 g/mol. The number of aryl methyl sites for hydroxylation is 1. The number of hydrogen-bond acceptors (Lipinski definition) is 5. The van der Waals surface area contributed by atoms with Gasteiger partial charge in [-0.15, -0.1) is 11.8 Å². The summed E-state index contributed by atoms with van der Waals surface area (Å²) in [5.41, 5.74) is 4.31. The van der Waals surface area contributed by atoms with E-state index in [-0.39, 0.29) is 18.4 Å². The second kappa shape index (κ2) is 6.69. The van der Waals surface area contributed by atoms with Crippen molar-refractivity contribution in [2.24, 2.45) is 0 Å². The Morgan fingerprint density at radius 2 is 1.68 bits per heavy atom. The van der Waals surface area contributed by atoms with Crippen molar-refractivity contribution in [3.05, 3.63) is 57.8 Å². The molecule has 126 valence electrons. The minimum absolute atomic E-state index is 0.258. The third-order valence-corrected chi connectivity index (χ3v) is 5.46. The summed E-state index contributed by atoms with van der Waals surface area (Å²) in [7, 11) is 0. The molecule has 0 N–H and O–H groups in total. The molecule has 0 fully saturated rings. The first-order valence-corrected chi connectivity index (χ1v) is 8.90. The lowest BCUT2D eigenvalue weighted by Crippen LogP contribution is -2.31. The zero-order valence-electron chi connectivity index (χ0n) is 14.3. The Kier molecular flexibility index (Phi) is 4.60. The first-order chi connectivity index (χ1) is 12.0. The van der Waals surface area contributed by atoms with Gasteiger partial charge in [0.15, 0.2) is 0 Å². The van der Waals surface area contributed by atoms with Crippen LogP contribution in [0.2, 0.25) is 0 Å². The molecule has 1 aromatic carbocycles. The Hall–Kier alpha value is -2.65. The topological polar surface area (TPSA) is 74.1 Å². The third kappa shape index (κ3) is 2.92. The number of carbonyl (C=O) groups excluding carboxylic acids is 2. The number of amides is 2. The van der Waals surface area contributed by atoms with E-state index >= 15 is 0 Å². The number of rotatable bonds is 4. The summed E-state index contributed by atoms with van der Waals surface area (Å²) in [6.45, 7) is 6.07. The van der Waals surface area contributed by atoms with Crippen LogP contribution in [-0.2, 0) is 0 Å². The fraction of sp³-hybridized carbons (Fsp3) is 0.263. The van der Waals surface area contributed by atoms with Gasteiger partial charge in [-0.2, -0.15) is 5.26 Å². The van der Waals surface area contributed by atoms with Crippen LogP contribution in [0, 0.1) is 32.1 Å². The van der Waals surface area contributed by atoms with Crippen molar-refractivity contribution >= 4 is 23.6 Å². The Morgan fingerprint density at radius 3 is 2.24 bits per heavy atom. The van der Waals surface area contributed by atoms with Gasteiger partial charge in [-0.05, 0) is 44.0 Å². The Bertz CT molecular complexity index is 896. The highest BCUT2D eigenvalue weighted by Gasteiger charge is 2.34. The molecule has 25 heavy (non-hydrogen) atoms. The summed E-state index contributed by atoms with van der Waals surface area (Å²) in [5, 5.41) is 10.1. The van der Waals surface area contributed by atoms with Crippen LogP contribution in [0.25, 0.3) is 0 Å². The van der Waals surface area contributed by atoms with Crippen molar-refractivity contribution < 1.29 is 9.59 Å². The van der Waals surface area contributed by atoms with Crippen LogP contribution in [0.15, 0.2) is 29.3 Å². The van der Waals surface area contributed by atoms with E-state index in [0.717, 1.165) is 16.8 Å². The third-order valence-electron chi connectivity index (χ3n) is 4.51. The molecule has 0 saturated carbocycles. The maximum absolute atomic E-state index is 12.4. The molecule has 0 unspecified atom stereocenters. The average Bonchev–Trinajstić information content (AvgIpc) is 2.85. The molecule has 2 aromatic rings. The van der Waals surface area contributed by atoms with Crippen LogP contribution in [0.4, 0.5) is 0 Å². The SMILES string of the molecule is Cc1nc(SCCN2C(=O)c3ccccc3C2=O)c(C#N)c(C)c1C. The normalized spacial score (nSPS) is 13.1. The maximum Gasteiger partial charge on any atom is 0.261 e. The van der Waals surface area contributed by atoms with Crippen LogP contribution in [0.3, 0.4) is 0 Å². The zero-order valence-corrected chi connectivity index (χ0v) is 15.1. The highest BCUT2D eigenvalue weighted by Crippen LogP contribution is 2.28. The van der Waals surface area contributed by atoms with Crippen LogP contribution in [0.1, 0.15) is 43.1 Å². The lowest BCUT2D eigenvalue weighted by Gasteiger charge is -2.14. The van der Waals surface area contributed by atoms with E-state index in [0.29, 0.717) is 27.5 Å². The standard InChI is InChI=1S/C19H17N3O2S/c1-11-12(2)16(10-20)17(21-13(11)3)25-9-8-22-18(23)14-6-4-5-7-15(14)19(22)24/h4-7H,8-9H2,1-3H3. The Balaban J connectivity index is 1.74. The van der Waals surface area contributed by atoms with Crippen molar-refractivity contribution in [1.82, 2.24) is 9.88 Å². The fourth-order valence-corrected chi connectivity index (χ4v) is 3.84. The molecule has 2 heterocycles. The van der Waals surface area contributed by atoms with Gasteiger partial charge in [-0.3, -0.25) is 14.5 Å². The smallest absolute Gasteiger partial charge is 0.261 e. The van der Waals surface area contributed by atoms with E-state index in [1.54, 1.807) is 24.3 Å². The maximum atomic E-state index is 12.4. The van der Waals surface area contributed by atoms with Crippen molar-refractivity contribution in [2.45, 2.75) is 25.8 Å². The minimum Gasteiger partial charge on any atom is -0.273 e. The van der Waals surface area contributed by atoms with Crippen molar-refractivity contribution in [2.75, 3.05) is 12.3 Å². The van der Waals surface area contributed by atoms with Gasteiger partial charge < -0.3 is 0 Å². The molecule has 3 rings (SSSR count). The summed E-state index contributed by atoms with van der Waals surface area (Å²) in [5.74, 6) is -0.0217. The van der Waals surface area contributed by atoms with Crippen molar-refractivity contribution in [3.63, 3.8) is 0 Å². The molecular formula is C19H17N3O2S. The number of pyridine rings is 1. The summed E-state index contributed by atoms with van der Waals surface area (Å²) in [6, 6.07) is 9.06. The minimum atomic E-state index is -0.258. The highest BCUT2D eigenvalue weighted by molar-refractivity contribution is 7.99. The predicted octanol–water partition coefficient (Wildman–Crippen LogP) is 3.27. The number of thioether (sulfide) groups is 1. The molecule has 0 saturated heterocycles. The largest absolute Gasteiger partial charge is 0.273 e. The molecule has 5 nitrogen and oxygen atoms in total. The van der Waals surface area contributed by atoms with E-state index in [2.05, 4.69) is 11.1 Å². The van der Waals surface area contributed by atoms with Crippen molar-refractivity contribution in [1.29, 1.82) is 5.26 Å². The molecule has 6 heteroatoms. The van der Waals surface area contributed by atoms with Crippen LogP contribution >= 0.6 is 11.8 Å². The van der Waals surface area contributed by atoms with E-state index in [1.165, 1.54) is 16.7 Å². The number of nitrogens with zero attached hydrogens (tertiary/aromatic N) is 3. The van der Waals surface area contributed by atoms with Crippen molar-refractivity contribution in [3.8, 4) is 6.07 Å².